The monoisotopic (exact) mass is 440 g/mol. The predicted molar refractivity (Wildman–Crippen MR) is 115 cm³/mol. The van der Waals surface area contributed by atoms with E-state index in [9.17, 15) is 13.2 Å². The van der Waals surface area contributed by atoms with Gasteiger partial charge in [-0.15, -0.1) is 11.3 Å². The highest BCUT2D eigenvalue weighted by Gasteiger charge is 2.34. The quantitative estimate of drug-likeness (QED) is 0.733. The van der Waals surface area contributed by atoms with Crippen LogP contribution in [0.25, 0.3) is 0 Å². The van der Waals surface area contributed by atoms with Gasteiger partial charge in [-0.1, -0.05) is 30.7 Å². The second-order valence-electron chi connectivity index (χ2n) is 7.40. The smallest absolute Gasteiger partial charge is 0.252 e. The predicted octanol–water partition coefficient (Wildman–Crippen LogP) is 4.69. The van der Waals surface area contributed by atoms with Crippen LogP contribution in [-0.2, 0) is 14.8 Å². The van der Waals surface area contributed by atoms with Gasteiger partial charge in [0.05, 0.1) is 4.34 Å². The maximum atomic E-state index is 12.7. The number of piperidine rings is 1. The summed E-state index contributed by atoms with van der Waals surface area (Å²) in [6.07, 6.45) is 1.33. The van der Waals surface area contributed by atoms with Gasteiger partial charge in [0.1, 0.15) is 4.21 Å². The molecule has 1 aliphatic rings. The first-order chi connectivity index (χ1) is 13.2. The molecule has 1 unspecified atom stereocenters. The van der Waals surface area contributed by atoms with Gasteiger partial charge in [0.15, 0.2) is 0 Å². The number of sulfonamides is 1. The summed E-state index contributed by atoms with van der Waals surface area (Å²) in [5.41, 5.74) is 2.97. The Morgan fingerprint density at radius 1 is 1.21 bits per heavy atom. The number of nitrogens with zero attached hydrogens (tertiary/aromatic N) is 1. The third kappa shape index (κ3) is 4.59. The minimum atomic E-state index is -3.50. The highest BCUT2D eigenvalue weighted by atomic mass is 35.5. The van der Waals surface area contributed by atoms with E-state index in [2.05, 4.69) is 5.32 Å². The number of amides is 1. The van der Waals surface area contributed by atoms with Crippen molar-refractivity contribution < 1.29 is 13.2 Å². The summed E-state index contributed by atoms with van der Waals surface area (Å²) in [5, 5.41) is 3.03. The van der Waals surface area contributed by atoms with Crippen LogP contribution < -0.4 is 5.32 Å². The van der Waals surface area contributed by atoms with E-state index in [4.69, 9.17) is 11.6 Å². The normalized spacial score (nSPS) is 17.4. The maximum absolute atomic E-state index is 12.7. The number of rotatable bonds is 5. The SMILES string of the molecule is Cc1ccc(C)c(NC(=O)C(C)C2CCN(S(=O)(=O)c3ccc(Cl)s3)CC2)c1. The molecule has 152 valence electrons. The van der Waals surface area contributed by atoms with Gasteiger partial charge in [-0.05, 0) is 61.9 Å². The lowest BCUT2D eigenvalue weighted by Gasteiger charge is -2.33. The largest absolute Gasteiger partial charge is 0.326 e. The Labute approximate surface area is 175 Å². The van der Waals surface area contributed by atoms with Crippen molar-refractivity contribution in [1.29, 1.82) is 0 Å². The lowest BCUT2D eigenvalue weighted by atomic mass is 9.85. The Morgan fingerprint density at radius 3 is 2.50 bits per heavy atom. The zero-order chi connectivity index (χ0) is 20.5. The van der Waals surface area contributed by atoms with Crippen LogP contribution in [0.4, 0.5) is 5.69 Å². The molecular weight excluding hydrogens is 416 g/mol. The fourth-order valence-electron chi connectivity index (χ4n) is 3.51. The lowest BCUT2D eigenvalue weighted by molar-refractivity contribution is -0.121. The summed E-state index contributed by atoms with van der Waals surface area (Å²) in [7, 11) is -3.50. The minimum absolute atomic E-state index is 0.0138. The number of nitrogens with one attached hydrogen (secondary N) is 1. The van der Waals surface area contributed by atoms with E-state index in [0.717, 1.165) is 28.2 Å². The third-order valence-corrected chi connectivity index (χ3v) is 9.01. The van der Waals surface area contributed by atoms with Crippen molar-refractivity contribution >= 4 is 44.6 Å². The van der Waals surface area contributed by atoms with Crippen molar-refractivity contribution in [2.24, 2.45) is 11.8 Å². The molecule has 1 amide bonds. The molecule has 0 bridgehead atoms. The summed E-state index contributed by atoms with van der Waals surface area (Å²) >= 11 is 6.96. The molecule has 3 rings (SSSR count). The third-order valence-electron chi connectivity index (χ3n) is 5.41. The molecule has 1 atom stereocenters. The van der Waals surface area contributed by atoms with Gasteiger partial charge < -0.3 is 5.32 Å². The summed E-state index contributed by atoms with van der Waals surface area (Å²) in [6, 6.07) is 9.14. The van der Waals surface area contributed by atoms with E-state index in [0.29, 0.717) is 30.3 Å². The Hall–Kier alpha value is -1.41. The van der Waals surface area contributed by atoms with E-state index >= 15 is 0 Å². The van der Waals surface area contributed by atoms with Gasteiger partial charge in [0.2, 0.25) is 5.91 Å². The molecule has 0 spiro atoms. The van der Waals surface area contributed by atoms with Gasteiger partial charge in [-0.25, -0.2) is 8.42 Å². The maximum Gasteiger partial charge on any atom is 0.252 e. The molecule has 1 aromatic heterocycles. The van der Waals surface area contributed by atoms with E-state index in [1.165, 1.54) is 4.31 Å². The van der Waals surface area contributed by atoms with Gasteiger partial charge in [0.25, 0.3) is 10.0 Å². The second kappa shape index (κ2) is 8.53. The average molecular weight is 441 g/mol. The Kier molecular flexibility index (Phi) is 6.49. The zero-order valence-electron chi connectivity index (χ0n) is 16.2. The highest BCUT2D eigenvalue weighted by molar-refractivity contribution is 7.91. The summed E-state index contributed by atoms with van der Waals surface area (Å²) in [6.45, 7) is 6.73. The van der Waals surface area contributed by atoms with Crippen LogP contribution in [0.15, 0.2) is 34.5 Å². The molecular formula is C20H25ClN2O3S2. The Morgan fingerprint density at radius 2 is 1.89 bits per heavy atom. The lowest BCUT2D eigenvalue weighted by Crippen LogP contribution is -2.41. The number of anilines is 1. The van der Waals surface area contributed by atoms with Gasteiger partial charge in [-0.3, -0.25) is 4.79 Å². The first kappa shape index (κ1) is 21.3. The number of carbonyl (C=O) groups excluding carboxylic acids is 1. The molecule has 1 aliphatic heterocycles. The standard InChI is InChI=1S/C20H25ClN2O3S2/c1-13-4-5-14(2)17(12-13)22-20(24)15(3)16-8-10-23(11-9-16)28(25,26)19-7-6-18(21)27-19/h4-7,12,15-16H,8-11H2,1-3H3,(H,22,24). The molecule has 1 fully saturated rings. The van der Waals surface area contributed by atoms with Gasteiger partial charge in [-0.2, -0.15) is 4.31 Å². The van der Waals surface area contributed by atoms with E-state index < -0.39 is 10.0 Å². The highest BCUT2D eigenvalue weighted by Crippen LogP contribution is 2.32. The number of benzene rings is 1. The zero-order valence-corrected chi connectivity index (χ0v) is 18.6. The van der Waals surface area contributed by atoms with Crippen LogP contribution in [-0.4, -0.2) is 31.7 Å². The topological polar surface area (TPSA) is 66.5 Å². The van der Waals surface area contributed by atoms with Gasteiger partial charge in [0, 0.05) is 24.7 Å². The molecule has 0 saturated carbocycles. The Balaban J connectivity index is 1.61. The first-order valence-corrected chi connectivity index (χ1v) is 12.0. The van der Waals surface area contributed by atoms with Crippen LogP contribution >= 0.6 is 22.9 Å². The van der Waals surface area contributed by atoms with Crippen LogP contribution in [0.2, 0.25) is 4.34 Å². The second-order valence-corrected chi connectivity index (χ2v) is 11.3. The van der Waals surface area contributed by atoms with Crippen molar-refractivity contribution in [2.45, 2.75) is 37.8 Å². The van der Waals surface area contributed by atoms with Gasteiger partial charge >= 0.3 is 0 Å². The van der Waals surface area contributed by atoms with Crippen LogP contribution in [0.3, 0.4) is 0 Å². The molecule has 0 aliphatic carbocycles. The van der Waals surface area contributed by atoms with Crippen LogP contribution in [0.5, 0.6) is 0 Å². The van der Waals surface area contributed by atoms with Crippen molar-refractivity contribution in [2.75, 3.05) is 18.4 Å². The molecule has 1 N–H and O–H groups in total. The summed E-state index contributed by atoms with van der Waals surface area (Å²) < 4.78 is 27.7. The van der Waals surface area contributed by atoms with Crippen molar-refractivity contribution in [1.82, 2.24) is 4.31 Å². The fourth-order valence-corrected chi connectivity index (χ4v) is 6.62. The van der Waals surface area contributed by atoms with Crippen molar-refractivity contribution in [3.05, 3.63) is 45.8 Å². The molecule has 1 saturated heterocycles. The number of carbonyl (C=O) groups is 1. The summed E-state index contributed by atoms with van der Waals surface area (Å²) in [4.78, 5) is 12.7. The molecule has 1 aromatic carbocycles. The number of hydrogen-bond acceptors (Lipinski definition) is 4. The Bertz CT molecular complexity index is 964. The first-order valence-electron chi connectivity index (χ1n) is 9.32. The number of hydrogen-bond donors (Lipinski definition) is 1. The number of aryl methyl sites for hydroxylation is 2. The molecule has 8 heteroatoms. The molecule has 5 nitrogen and oxygen atoms in total. The molecule has 2 heterocycles. The average Bonchev–Trinajstić information content (AvgIpc) is 3.11. The fraction of sp³-hybridized carbons (Fsp3) is 0.450. The van der Waals surface area contributed by atoms with Crippen LogP contribution in [0.1, 0.15) is 30.9 Å². The number of halogens is 1. The van der Waals surface area contributed by atoms with E-state index in [1.54, 1.807) is 12.1 Å². The van der Waals surface area contributed by atoms with Crippen molar-refractivity contribution in [3.8, 4) is 0 Å². The van der Waals surface area contributed by atoms with Crippen LogP contribution in [0, 0.1) is 25.7 Å². The molecule has 2 aromatic rings. The minimum Gasteiger partial charge on any atom is -0.326 e. The molecule has 28 heavy (non-hydrogen) atoms. The van der Waals surface area contributed by atoms with Crippen molar-refractivity contribution in [3.63, 3.8) is 0 Å². The number of thiophene rings is 1. The van der Waals surface area contributed by atoms with E-state index in [1.807, 2.05) is 39.0 Å². The molecule has 0 radical (unpaired) electrons. The van der Waals surface area contributed by atoms with E-state index in [-0.39, 0.29) is 22.0 Å². The summed E-state index contributed by atoms with van der Waals surface area (Å²) in [5.74, 6) is -0.0375.